The maximum Gasteiger partial charge on any atom is 0.253 e. The first kappa shape index (κ1) is 17.9. The average Bonchev–Trinajstić information content (AvgIpc) is 3.40. The summed E-state index contributed by atoms with van der Waals surface area (Å²) in [5.41, 5.74) is 4.35. The topological polar surface area (TPSA) is 71.2 Å². The lowest BCUT2D eigenvalue weighted by atomic mass is 9.96. The molecular formula is C20H22N4O2S. The first-order valence-corrected chi connectivity index (χ1v) is 10.1. The second kappa shape index (κ2) is 8.02. The van der Waals surface area contributed by atoms with Crippen molar-refractivity contribution in [3.63, 3.8) is 0 Å². The van der Waals surface area contributed by atoms with Crippen molar-refractivity contribution in [1.82, 2.24) is 19.4 Å². The predicted molar refractivity (Wildman–Crippen MR) is 104 cm³/mol. The maximum atomic E-state index is 12.9. The van der Waals surface area contributed by atoms with Crippen LogP contribution in [0.2, 0.25) is 0 Å². The molecule has 3 heterocycles. The standard InChI is InChI=1S/C20H22N4O2S/c25-12-15-3-5-16(6-4-15)20(26)24-8-1-2-17(10-24)19-21-7-9-23(19)11-18-13-27-14-22-18/h3-7,9,13-14,17,25H,1-2,8,10-12H2/t17-/m0/s1. The quantitative estimate of drug-likeness (QED) is 0.737. The van der Waals surface area contributed by atoms with Crippen LogP contribution in [0.4, 0.5) is 0 Å². The molecule has 0 radical (unpaired) electrons. The van der Waals surface area contributed by atoms with Gasteiger partial charge in [0, 0.05) is 42.3 Å². The summed E-state index contributed by atoms with van der Waals surface area (Å²) >= 11 is 1.59. The molecule has 0 unspecified atom stereocenters. The zero-order chi connectivity index (χ0) is 18.6. The number of rotatable bonds is 5. The highest BCUT2D eigenvalue weighted by Crippen LogP contribution is 2.27. The number of nitrogens with zero attached hydrogens (tertiary/aromatic N) is 4. The molecule has 0 aliphatic carbocycles. The van der Waals surface area contributed by atoms with E-state index in [1.807, 2.05) is 22.8 Å². The number of hydrogen-bond donors (Lipinski definition) is 1. The van der Waals surface area contributed by atoms with Gasteiger partial charge >= 0.3 is 0 Å². The van der Waals surface area contributed by atoms with Crippen LogP contribution in [0.25, 0.3) is 0 Å². The summed E-state index contributed by atoms with van der Waals surface area (Å²) in [4.78, 5) is 23.7. The fourth-order valence-electron chi connectivity index (χ4n) is 3.61. The van der Waals surface area contributed by atoms with Gasteiger partial charge in [0.25, 0.3) is 5.91 Å². The van der Waals surface area contributed by atoms with E-state index in [-0.39, 0.29) is 18.4 Å². The molecule has 2 aromatic heterocycles. The lowest BCUT2D eigenvalue weighted by Crippen LogP contribution is -2.39. The lowest BCUT2D eigenvalue weighted by Gasteiger charge is -2.32. The summed E-state index contributed by atoms with van der Waals surface area (Å²) in [6.07, 6.45) is 5.81. The molecule has 0 bridgehead atoms. The van der Waals surface area contributed by atoms with Crippen molar-refractivity contribution < 1.29 is 9.90 Å². The average molecular weight is 382 g/mol. The highest BCUT2D eigenvalue weighted by Gasteiger charge is 2.28. The number of likely N-dealkylation sites (tertiary alicyclic amines) is 1. The minimum atomic E-state index is -0.0120. The molecule has 1 atom stereocenters. The van der Waals surface area contributed by atoms with Crippen molar-refractivity contribution in [3.8, 4) is 0 Å². The molecule has 3 aromatic rings. The molecule has 1 N–H and O–H groups in total. The molecule has 1 aliphatic heterocycles. The second-order valence-corrected chi connectivity index (χ2v) is 7.56. The Labute approximate surface area is 162 Å². The monoisotopic (exact) mass is 382 g/mol. The molecule has 1 amide bonds. The minimum absolute atomic E-state index is 0.0120. The van der Waals surface area contributed by atoms with Crippen molar-refractivity contribution in [2.24, 2.45) is 0 Å². The number of thiazole rings is 1. The van der Waals surface area contributed by atoms with Crippen molar-refractivity contribution in [2.75, 3.05) is 13.1 Å². The number of imidazole rings is 1. The molecule has 27 heavy (non-hydrogen) atoms. The number of aromatic nitrogens is 3. The van der Waals surface area contributed by atoms with E-state index >= 15 is 0 Å². The second-order valence-electron chi connectivity index (χ2n) is 6.84. The number of carbonyl (C=O) groups excluding carboxylic acids is 1. The zero-order valence-corrected chi connectivity index (χ0v) is 15.8. The number of benzene rings is 1. The summed E-state index contributed by atoms with van der Waals surface area (Å²) in [6, 6.07) is 7.19. The molecule has 1 aliphatic rings. The molecular weight excluding hydrogens is 360 g/mol. The van der Waals surface area contributed by atoms with Crippen LogP contribution in [-0.4, -0.2) is 43.5 Å². The van der Waals surface area contributed by atoms with Crippen molar-refractivity contribution in [1.29, 1.82) is 0 Å². The molecule has 0 spiro atoms. The highest BCUT2D eigenvalue weighted by atomic mass is 32.1. The van der Waals surface area contributed by atoms with Gasteiger partial charge in [0.15, 0.2) is 0 Å². The highest BCUT2D eigenvalue weighted by molar-refractivity contribution is 7.07. The smallest absolute Gasteiger partial charge is 0.253 e. The van der Waals surface area contributed by atoms with Gasteiger partial charge in [-0.2, -0.15) is 0 Å². The van der Waals surface area contributed by atoms with Crippen LogP contribution in [0.5, 0.6) is 0 Å². The Balaban J connectivity index is 1.48. The molecule has 0 saturated carbocycles. The van der Waals surface area contributed by atoms with E-state index in [1.54, 1.807) is 35.6 Å². The summed E-state index contributed by atoms with van der Waals surface area (Å²) in [6.45, 7) is 2.15. The van der Waals surface area contributed by atoms with Gasteiger partial charge in [-0.15, -0.1) is 11.3 Å². The van der Waals surface area contributed by atoms with E-state index in [4.69, 9.17) is 5.11 Å². The molecule has 7 heteroatoms. The summed E-state index contributed by atoms with van der Waals surface area (Å²) in [7, 11) is 0. The maximum absolute atomic E-state index is 12.9. The number of aliphatic hydroxyl groups excluding tert-OH is 1. The van der Waals surface area contributed by atoms with Crippen LogP contribution in [0.1, 0.15) is 46.2 Å². The van der Waals surface area contributed by atoms with Gasteiger partial charge in [0.05, 0.1) is 24.4 Å². The molecule has 140 valence electrons. The van der Waals surface area contributed by atoms with Crippen LogP contribution in [0.3, 0.4) is 0 Å². The lowest BCUT2D eigenvalue weighted by molar-refractivity contribution is 0.0703. The third-order valence-corrected chi connectivity index (χ3v) is 5.66. The third-order valence-electron chi connectivity index (χ3n) is 5.02. The van der Waals surface area contributed by atoms with Crippen LogP contribution in [0, 0.1) is 0 Å². The molecule has 1 aromatic carbocycles. The van der Waals surface area contributed by atoms with Crippen LogP contribution >= 0.6 is 11.3 Å². The number of amides is 1. The van der Waals surface area contributed by atoms with E-state index in [1.165, 1.54) is 0 Å². The number of aliphatic hydroxyl groups is 1. The van der Waals surface area contributed by atoms with E-state index in [0.717, 1.165) is 36.5 Å². The molecule has 6 nitrogen and oxygen atoms in total. The van der Waals surface area contributed by atoms with Crippen molar-refractivity contribution in [3.05, 3.63) is 70.2 Å². The Kier molecular flexibility index (Phi) is 5.31. The van der Waals surface area contributed by atoms with Gasteiger partial charge in [-0.1, -0.05) is 12.1 Å². The van der Waals surface area contributed by atoms with Crippen molar-refractivity contribution in [2.45, 2.75) is 31.9 Å². The largest absolute Gasteiger partial charge is 0.392 e. The van der Waals surface area contributed by atoms with Gasteiger partial charge < -0.3 is 14.6 Å². The predicted octanol–water partition coefficient (Wildman–Crippen LogP) is 2.90. The van der Waals surface area contributed by atoms with E-state index in [0.29, 0.717) is 18.7 Å². The Hall–Kier alpha value is -2.51. The Morgan fingerprint density at radius 1 is 1.26 bits per heavy atom. The van der Waals surface area contributed by atoms with Gasteiger partial charge in [0.2, 0.25) is 0 Å². The van der Waals surface area contributed by atoms with Crippen LogP contribution in [0.15, 0.2) is 47.5 Å². The Bertz CT molecular complexity index is 889. The van der Waals surface area contributed by atoms with Gasteiger partial charge in [0.1, 0.15) is 5.82 Å². The normalized spacial score (nSPS) is 17.2. The molecule has 4 rings (SSSR count). The first-order chi connectivity index (χ1) is 13.2. The summed E-state index contributed by atoms with van der Waals surface area (Å²) in [5.74, 6) is 1.30. The Morgan fingerprint density at radius 2 is 2.11 bits per heavy atom. The zero-order valence-electron chi connectivity index (χ0n) is 15.0. The summed E-state index contributed by atoms with van der Waals surface area (Å²) in [5, 5.41) is 11.2. The van der Waals surface area contributed by atoms with Gasteiger partial charge in [-0.25, -0.2) is 9.97 Å². The molecule has 1 fully saturated rings. The fourth-order valence-corrected chi connectivity index (χ4v) is 4.16. The first-order valence-electron chi connectivity index (χ1n) is 9.12. The summed E-state index contributed by atoms with van der Waals surface area (Å²) < 4.78 is 2.14. The van der Waals surface area contributed by atoms with Gasteiger partial charge in [-0.3, -0.25) is 4.79 Å². The SMILES string of the molecule is O=C(c1ccc(CO)cc1)N1CCC[C@H](c2nccn2Cc2cscn2)C1. The third kappa shape index (κ3) is 3.94. The molecule has 1 saturated heterocycles. The van der Waals surface area contributed by atoms with Gasteiger partial charge in [-0.05, 0) is 30.5 Å². The minimum Gasteiger partial charge on any atom is -0.392 e. The number of carbonyl (C=O) groups is 1. The van der Waals surface area contributed by atoms with E-state index in [2.05, 4.69) is 19.9 Å². The van der Waals surface area contributed by atoms with E-state index in [9.17, 15) is 4.79 Å². The Morgan fingerprint density at radius 3 is 2.85 bits per heavy atom. The van der Waals surface area contributed by atoms with Crippen LogP contribution in [-0.2, 0) is 13.2 Å². The van der Waals surface area contributed by atoms with Crippen molar-refractivity contribution >= 4 is 17.2 Å². The number of piperidine rings is 1. The fraction of sp³-hybridized carbons (Fsp3) is 0.350. The number of hydrogen-bond acceptors (Lipinski definition) is 5. The van der Waals surface area contributed by atoms with Crippen LogP contribution < -0.4 is 0 Å². The van der Waals surface area contributed by atoms with E-state index < -0.39 is 0 Å².